The van der Waals surface area contributed by atoms with Gasteiger partial charge in [0.15, 0.2) is 0 Å². The molecular weight excluding hydrogens is 216 g/mol. The van der Waals surface area contributed by atoms with Gasteiger partial charge in [0, 0.05) is 5.75 Å². The van der Waals surface area contributed by atoms with Gasteiger partial charge in [-0.2, -0.15) is 12.6 Å². The van der Waals surface area contributed by atoms with Crippen LogP contribution in [0.15, 0.2) is 30.5 Å². The molecule has 0 spiro atoms. The lowest BCUT2D eigenvalue weighted by molar-refractivity contribution is -0.390. The molecule has 1 aromatic rings. The van der Waals surface area contributed by atoms with Gasteiger partial charge in [-0.1, -0.05) is 6.58 Å². The van der Waals surface area contributed by atoms with E-state index >= 15 is 0 Å². The summed E-state index contributed by atoms with van der Waals surface area (Å²) in [6.07, 6.45) is 1.35. The van der Waals surface area contributed by atoms with E-state index in [1.165, 1.54) is 12.3 Å². The fourth-order valence-corrected chi connectivity index (χ4v) is 0.949. The number of hydrogen-bond donors (Lipinski definition) is 1. The van der Waals surface area contributed by atoms with Crippen molar-refractivity contribution in [2.75, 3.05) is 12.4 Å². The molecule has 0 radical (unpaired) electrons. The van der Waals surface area contributed by atoms with Crippen molar-refractivity contribution in [3.05, 3.63) is 40.6 Å². The van der Waals surface area contributed by atoms with Crippen molar-refractivity contribution in [2.24, 2.45) is 0 Å². The van der Waals surface area contributed by atoms with E-state index in [1.54, 1.807) is 6.07 Å². The van der Waals surface area contributed by atoms with Gasteiger partial charge in [-0.25, -0.2) is 0 Å². The van der Waals surface area contributed by atoms with Crippen LogP contribution in [0.1, 0.15) is 0 Å². The van der Waals surface area contributed by atoms with Crippen LogP contribution in [-0.2, 0) is 0 Å². The minimum Gasteiger partial charge on any atom is -0.481 e. The molecule has 0 aliphatic carbocycles. The summed E-state index contributed by atoms with van der Waals surface area (Å²) in [5.74, 6) is 0.337. The Kier molecular flexibility index (Phi) is 4.11. The van der Waals surface area contributed by atoms with Gasteiger partial charge in [0.25, 0.3) is 0 Å². The molecule has 0 bridgehead atoms. The number of rotatable bonds is 5. The topological polar surface area (TPSA) is 65.3 Å². The Morgan fingerprint density at radius 2 is 2.47 bits per heavy atom. The number of nitrogens with zero attached hydrogens (tertiary/aromatic N) is 2. The minimum absolute atomic E-state index is 0.144. The second kappa shape index (κ2) is 5.35. The monoisotopic (exact) mass is 226 g/mol. The second-order valence-corrected chi connectivity index (χ2v) is 3.10. The SMILES string of the molecule is C=C(CS)COc1cccnc1[N+](=O)[O-]. The van der Waals surface area contributed by atoms with Crippen molar-refractivity contribution < 1.29 is 9.66 Å². The maximum absolute atomic E-state index is 10.6. The molecule has 0 aromatic carbocycles. The zero-order chi connectivity index (χ0) is 11.3. The van der Waals surface area contributed by atoms with Gasteiger partial charge in [0.05, 0.1) is 0 Å². The van der Waals surface area contributed by atoms with E-state index in [-0.39, 0.29) is 18.2 Å². The summed E-state index contributed by atoms with van der Waals surface area (Å²) in [6, 6.07) is 3.07. The molecule has 0 aliphatic rings. The molecule has 1 rings (SSSR count). The third kappa shape index (κ3) is 3.25. The smallest absolute Gasteiger partial charge is 0.406 e. The first kappa shape index (κ1) is 11.5. The van der Waals surface area contributed by atoms with Crippen LogP contribution >= 0.6 is 12.6 Å². The Morgan fingerprint density at radius 3 is 3.07 bits per heavy atom. The van der Waals surface area contributed by atoms with Crippen molar-refractivity contribution >= 4 is 18.4 Å². The Labute approximate surface area is 92.3 Å². The Morgan fingerprint density at radius 1 is 1.73 bits per heavy atom. The molecule has 0 amide bonds. The van der Waals surface area contributed by atoms with Crippen LogP contribution in [0.25, 0.3) is 0 Å². The van der Waals surface area contributed by atoms with Gasteiger partial charge in [0.1, 0.15) is 12.8 Å². The third-order valence-electron chi connectivity index (χ3n) is 1.58. The molecule has 0 fully saturated rings. The third-order valence-corrected chi connectivity index (χ3v) is 2.03. The molecule has 0 unspecified atom stereocenters. The highest BCUT2D eigenvalue weighted by Gasteiger charge is 2.15. The number of hydrogen-bond acceptors (Lipinski definition) is 5. The van der Waals surface area contributed by atoms with Crippen molar-refractivity contribution in [1.29, 1.82) is 0 Å². The molecule has 0 saturated carbocycles. The number of nitro groups is 1. The maximum atomic E-state index is 10.6. The number of thiol groups is 1. The van der Waals surface area contributed by atoms with Crippen molar-refractivity contribution in [2.45, 2.75) is 0 Å². The summed E-state index contributed by atoms with van der Waals surface area (Å²) in [5, 5.41) is 10.6. The highest BCUT2D eigenvalue weighted by Crippen LogP contribution is 2.23. The number of ether oxygens (including phenoxy) is 1. The van der Waals surface area contributed by atoms with E-state index in [2.05, 4.69) is 24.2 Å². The van der Waals surface area contributed by atoms with E-state index in [0.717, 1.165) is 5.57 Å². The Hall–Kier alpha value is -1.56. The van der Waals surface area contributed by atoms with E-state index < -0.39 is 4.92 Å². The molecule has 0 saturated heterocycles. The van der Waals surface area contributed by atoms with Crippen molar-refractivity contribution in [3.63, 3.8) is 0 Å². The lowest BCUT2D eigenvalue weighted by Gasteiger charge is -2.06. The maximum Gasteiger partial charge on any atom is 0.406 e. The van der Waals surface area contributed by atoms with Crippen LogP contribution in [0.5, 0.6) is 5.75 Å². The average molecular weight is 226 g/mol. The van der Waals surface area contributed by atoms with Crippen LogP contribution in [0.2, 0.25) is 0 Å². The first-order valence-electron chi connectivity index (χ1n) is 4.15. The summed E-state index contributed by atoms with van der Waals surface area (Å²) in [4.78, 5) is 13.6. The summed E-state index contributed by atoms with van der Waals surface area (Å²) in [6.45, 7) is 3.88. The van der Waals surface area contributed by atoms with E-state index in [4.69, 9.17) is 4.74 Å². The zero-order valence-corrected chi connectivity index (χ0v) is 8.81. The molecule has 0 N–H and O–H groups in total. The van der Waals surface area contributed by atoms with E-state index in [0.29, 0.717) is 5.75 Å². The standard InChI is InChI=1S/C9H10N2O3S/c1-7(6-15)5-14-8-3-2-4-10-9(8)11(12)13/h2-4,15H,1,5-6H2. The molecule has 0 atom stereocenters. The van der Waals surface area contributed by atoms with Crippen molar-refractivity contribution in [1.82, 2.24) is 4.98 Å². The van der Waals surface area contributed by atoms with Gasteiger partial charge < -0.3 is 14.9 Å². The fraction of sp³-hybridized carbons (Fsp3) is 0.222. The lowest BCUT2D eigenvalue weighted by Crippen LogP contribution is -2.04. The van der Waals surface area contributed by atoms with Gasteiger partial charge >= 0.3 is 5.82 Å². The van der Waals surface area contributed by atoms with Crippen molar-refractivity contribution in [3.8, 4) is 5.75 Å². The number of pyridine rings is 1. The quantitative estimate of drug-likeness (QED) is 0.360. The van der Waals surface area contributed by atoms with Crippen LogP contribution < -0.4 is 4.74 Å². The molecule has 6 heteroatoms. The van der Waals surface area contributed by atoms with Gasteiger partial charge in [-0.05, 0) is 27.6 Å². The molecule has 15 heavy (non-hydrogen) atoms. The number of aromatic nitrogens is 1. The lowest BCUT2D eigenvalue weighted by atomic mass is 10.4. The largest absolute Gasteiger partial charge is 0.481 e. The highest BCUT2D eigenvalue weighted by atomic mass is 32.1. The molecule has 1 heterocycles. The molecule has 80 valence electrons. The summed E-state index contributed by atoms with van der Waals surface area (Å²) < 4.78 is 5.20. The first-order chi connectivity index (χ1) is 7.15. The van der Waals surface area contributed by atoms with Crippen LogP contribution in [-0.4, -0.2) is 22.3 Å². The van der Waals surface area contributed by atoms with E-state index in [1.807, 2.05) is 0 Å². The van der Waals surface area contributed by atoms with Crippen LogP contribution in [0.3, 0.4) is 0 Å². The van der Waals surface area contributed by atoms with Crippen LogP contribution in [0, 0.1) is 10.1 Å². The minimum atomic E-state index is -0.585. The Balaban J connectivity index is 2.76. The predicted octanol–water partition coefficient (Wildman–Crippen LogP) is 1.85. The second-order valence-electron chi connectivity index (χ2n) is 2.78. The first-order valence-corrected chi connectivity index (χ1v) is 4.78. The summed E-state index contributed by atoms with van der Waals surface area (Å²) >= 11 is 4.00. The molecule has 5 nitrogen and oxygen atoms in total. The highest BCUT2D eigenvalue weighted by molar-refractivity contribution is 7.80. The average Bonchev–Trinajstić information content (AvgIpc) is 2.26. The predicted molar refractivity (Wildman–Crippen MR) is 59.4 cm³/mol. The Bertz CT molecular complexity index is 381. The molecule has 0 aliphatic heterocycles. The normalized spacial score (nSPS) is 9.67. The van der Waals surface area contributed by atoms with E-state index in [9.17, 15) is 10.1 Å². The van der Waals surface area contributed by atoms with Gasteiger partial charge in [0.2, 0.25) is 5.75 Å². The van der Waals surface area contributed by atoms with Crippen LogP contribution in [0.4, 0.5) is 5.82 Å². The summed E-state index contributed by atoms with van der Waals surface area (Å²) in [7, 11) is 0. The zero-order valence-electron chi connectivity index (χ0n) is 7.92. The molecular formula is C9H10N2O3S. The van der Waals surface area contributed by atoms with Gasteiger partial charge in [-0.15, -0.1) is 0 Å². The fourth-order valence-electron chi connectivity index (χ4n) is 0.857. The van der Waals surface area contributed by atoms with Gasteiger partial charge in [-0.3, -0.25) is 0 Å². The summed E-state index contributed by atoms with van der Waals surface area (Å²) in [5.41, 5.74) is 0.747. The molecule has 1 aromatic heterocycles.